The highest BCUT2D eigenvalue weighted by Crippen LogP contribution is 2.49. The van der Waals surface area contributed by atoms with Crippen LogP contribution in [0.25, 0.3) is 0 Å². The minimum Gasteiger partial charge on any atom is -0.457 e. The third kappa shape index (κ3) is 3.72. The van der Waals surface area contributed by atoms with Gasteiger partial charge in [-0.3, -0.25) is 4.79 Å². The van der Waals surface area contributed by atoms with Gasteiger partial charge in [0.15, 0.2) is 12.4 Å². The molecule has 136 valence electrons. The van der Waals surface area contributed by atoms with Crippen molar-refractivity contribution >= 4 is 23.6 Å². The standard InChI is InChI=1S/C20H19N5O2/c21-18-23-16(24-19(25-18)22-15-9-5-2-6-10-15)13-27-17(26)20(11-12-20)14-7-3-1-4-8-14/h1-10H,11-13H2,(H3,21,22,23,24,25). The van der Waals surface area contributed by atoms with Crippen molar-refractivity contribution in [3.63, 3.8) is 0 Å². The van der Waals surface area contributed by atoms with E-state index < -0.39 is 5.41 Å². The maximum Gasteiger partial charge on any atom is 0.317 e. The van der Waals surface area contributed by atoms with Gasteiger partial charge in [-0.05, 0) is 30.5 Å². The van der Waals surface area contributed by atoms with Gasteiger partial charge in [0.2, 0.25) is 11.9 Å². The number of nitrogen functional groups attached to an aromatic ring is 1. The van der Waals surface area contributed by atoms with Gasteiger partial charge in [0.1, 0.15) is 0 Å². The van der Waals surface area contributed by atoms with Gasteiger partial charge in [-0.1, -0.05) is 48.5 Å². The number of para-hydroxylation sites is 1. The quantitative estimate of drug-likeness (QED) is 0.651. The zero-order chi connectivity index (χ0) is 18.7. The van der Waals surface area contributed by atoms with Gasteiger partial charge in [-0.25, -0.2) is 0 Å². The molecule has 0 bridgehead atoms. The highest BCUT2D eigenvalue weighted by molar-refractivity contribution is 5.86. The number of hydrogen-bond donors (Lipinski definition) is 2. The maximum atomic E-state index is 12.6. The largest absolute Gasteiger partial charge is 0.457 e. The number of nitrogens with two attached hydrogens (primary N) is 1. The van der Waals surface area contributed by atoms with Crippen molar-refractivity contribution in [3.05, 3.63) is 72.1 Å². The Kier molecular flexibility index (Phi) is 4.42. The van der Waals surface area contributed by atoms with Gasteiger partial charge >= 0.3 is 5.97 Å². The van der Waals surface area contributed by atoms with E-state index in [9.17, 15) is 4.79 Å². The van der Waals surface area contributed by atoms with E-state index in [2.05, 4.69) is 20.3 Å². The molecule has 3 aromatic rings. The summed E-state index contributed by atoms with van der Waals surface area (Å²) in [6, 6.07) is 19.2. The Hall–Kier alpha value is -3.48. The molecule has 1 aromatic heterocycles. The molecule has 0 unspecified atom stereocenters. The van der Waals surface area contributed by atoms with Crippen LogP contribution < -0.4 is 11.1 Å². The third-order valence-corrected chi connectivity index (χ3v) is 4.53. The normalized spacial score (nSPS) is 14.4. The number of aromatic nitrogens is 3. The van der Waals surface area contributed by atoms with Crippen LogP contribution >= 0.6 is 0 Å². The lowest BCUT2D eigenvalue weighted by molar-refractivity contribution is -0.148. The molecule has 0 aliphatic heterocycles. The summed E-state index contributed by atoms with van der Waals surface area (Å²) in [7, 11) is 0. The molecule has 1 aliphatic carbocycles. The fraction of sp³-hybridized carbons (Fsp3) is 0.200. The molecule has 0 saturated heterocycles. The number of rotatable bonds is 6. The van der Waals surface area contributed by atoms with Crippen LogP contribution in [0.3, 0.4) is 0 Å². The van der Waals surface area contributed by atoms with Crippen molar-refractivity contribution in [2.45, 2.75) is 24.9 Å². The van der Waals surface area contributed by atoms with E-state index in [0.717, 1.165) is 24.1 Å². The van der Waals surface area contributed by atoms with Crippen LogP contribution in [0.5, 0.6) is 0 Å². The maximum absolute atomic E-state index is 12.6. The number of nitrogens with zero attached hydrogens (tertiary/aromatic N) is 3. The summed E-state index contributed by atoms with van der Waals surface area (Å²) < 4.78 is 5.49. The van der Waals surface area contributed by atoms with Crippen LogP contribution in [0.4, 0.5) is 17.6 Å². The van der Waals surface area contributed by atoms with Crippen molar-refractivity contribution in [3.8, 4) is 0 Å². The van der Waals surface area contributed by atoms with Gasteiger partial charge in [0.05, 0.1) is 5.41 Å². The second-order valence-corrected chi connectivity index (χ2v) is 6.45. The summed E-state index contributed by atoms with van der Waals surface area (Å²) in [5.74, 6) is 0.422. The molecule has 2 aromatic carbocycles. The van der Waals surface area contributed by atoms with Crippen molar-refractivity contribution < 1.29 is 9.53 Å². The van der Waals surface area contributed by atoms with Crippen LogP contribution in [0.1, 0.15) is 24.2 Å². The predicted molar refractivity (Wildman–Crippen MR) is 101 cm³/mol. The molecule has 0 atom stereocenters. The topological polar surface area (TPSA) is 103 Å². The number of hydrogen-bond acceptors (Lipinski definition) is 7. The van der Waals surface area contributed by atoms with Crippen molar-refractivity contribution in [2.24, 2.45) is 0 Å². The lowest BCUT2D eigenvalue weighted by Gasteiger charge is -2.14. The monoisotopic (exact) mass is 361 g/mol. The minimum absolute atomic E-state index is 0.0520. The summed E-state index contributed by atoms with van der Waals surface area (Å²) >= 11 is 0. The number of ether oxygens (including phenoxy) is 1. The van der Waals surface area contributed by atoms with E-state index >= 15 is 0 Å². The third-order valence-electron chi connectivity index (χ3n) is 4.53. The van der Waals surface area contributed by atoms with Gasteiger partial charge in [-0.15, -0.1) is 0 Å². The Morgan fingerprint density at radius 1 is 1.00 bits per heavy atom. The SMILES string of the molecule is Nc1nc(COC(=O)C2(c3ccccc3)CC2)nc(Nc2ccccc2)n1. The smallest absolute Gasteiger partial charge is 0.317 e. The molecule has 27 heavy (non-hydrogen) atoms. The van der Waals surface area contributed by atoms with E-state index in [1.165, 1.54) is 0 Å². The van der Waals surface area contributed by atoms with Crippen LogP contribution in [-0.2, 0) is 21.6 Å². The molecule has 1 aliphatic rings. The highest BCUT2D eigenvalue weighted by atomic mass is 16.5. The van der Waals surface area contributed by atoms with Gasteiger partial charge in [0, 0.05) is 5.69 Å². The first-order chi connectivity index (χ1) is 13.2. The Morgan fingerprint density at radius 3 is 2.33 bits per heavy atom. The van der Waals surface area contributed by atoms with E-state index in [1.54, 1.807) is 0 Å². The Morgan fingerprint density at radius 2 is 1.67 bits per heavy atom. The number of anilines is 3. The van der Waals surface area contributed by atoms with E-state index in [4.69, 9.17) is 10.5 Å². The second kappa shape index (κ2) is 7.03. The average Bonchev–Trinajstić information content (AvgIpc) is 3.49. The van der Waals surface area contributed by atoms with Crippen LogP contribution in [-0.4, -0.2) is 20.9 Å². The Balaban J connectivity index is 1.45. The highest BCUT2D eigenvalue weighted by Gasteiger charge is 2.52. The minimum atomic E-state index is -0.537. The second-order valence-electron chi connectivity index (χ2n) is 6.45. The fourth-order valence-electron chi connectivity index (χ4n) is 2.97. The van der Waals surface area contributed by atoms with Gasteiger partial charge in [0.25, 0.3) is 0 Å². The summed E-state index contributed by atoms with van der Waals surface area (Å²) in [5, 5.41) is 3.06. The van der Waals surface area contributed by atoms with E-state index in [0.29, 0.717) is 11.8 Å². The summed E-state index contributed by atoms with van der Waals surface area (Å²) in [6.07, 6.45) is 1.58. The number of nitrogens with one attached hydrogen (secondary N) is 1. The predicted octanol–water partition coefficient (Wildman–Crippen LogP) is 2.97. The molecule has 3 N–H and O–H groups in total. The van der Waals surface area contributed by atoms with Crippen molar-refractivity contribution in [2.75, 3.05) is 11.1 Å². The fourth-order valence-corrected chi connectivity index (χ4v) is 2.97. The van der Waals surface area contributed by atoms with Gasteiger partial charge in [-0.2, -0.15) is 15.0 Å². The molecular formula is C20H19N5O2. The molecule has 0 amide bonds. The molecule has 7 nitrogen and oxygen atoms in total. The average molecular weight is 361 g/mol. The molecular weight excluding hydrogens is 342 g/mol. The van der Waals surface area contributed by atoms with Crippen molar-refractivity contribution in [1.82, 2.24) is 15.0 Å². The molecule has 4 rings (SSSR count). The van der Waals surface area contributed by atoms with Crippen LogP contribution in [0, 0.1) is 0 Å². The number of esters is 1. The molecule has 7 heteroatoms. The van der Waals surface area contributed by atoms with Crippen LogP contribution in [0.2, 0.25) is 0 Å². The molecule has 1 saturated carbocycles. The molecule has 0 radical (unpaired) electrons. The van der Waals surface area contributed by atoms with E-state index in [1.807, 2.05) is 60.7 Å². The molecule has 1 heterocycles. The molecule has 1 fully saturated rings. The zero-order valence-electron chi connectivity index (χ0n) is 14.6. The zero-order valence-corrected chi connectivity index (χ0v) is 14.6. The summed E-state index contributed by atoms with van der Waals surface area (Å²) in [4.78, 5) is 25.0. The first-order valence-corrected chi connectivity index (χ1v) is 8.71. The first-order valence-electron chi connectivity index (χ1n) is 8.71. The van der Waals surface area contributed by atoms with Crippen LogP contribution in [0.15, 0.2) is 60.7 Å². The number of carbonyl (C=O) groups is 1. The lowest BCUT2D eigenvalue weighted by atomic mass is 9.96. The van der Waals surface area contributed by atoms with Crippen molar-refractivity contribution in [1.29, 1.82) is 0 Å². The summed E-state index contributed by atoms with van der Waals surface area (Å²) in [6.45, 7) is -0.0520. The number of benzene rings is 2. The lowest BCUT2D eigenvalue weighted by Crippen LogP contribution is -2.23. The van der Waals surface area contributed by atoms with E-state index in [-0.39, 0.29) is 18.5 Å². The Bertz CT molecular complexity index is 943. The first kappa shape index (κ1) is 17.0. The number of carbonyl (C=O) groups excluding carboxylic acids is 1. The molecule has 0 spiro atoms. The summed E-state index contributed by atoms with van der Waals surface area (Å²) in [5.41, 5.74) is 7.04. The van der Waals surface area contributed by atoms with Gasteiger partial charge < -0.3 is 15.8 Å². The Labute approximate surface area is 156 Å².